The summed E-state index contributed by atoms with van der Waals surface area (Å²) in [4.78, 5) is 12.5. The lowest BCUT2D eigenvalue weighted by molar-refractivity contribution is -0.117. The predicted octanol–water partition coefficient (Wildman–Crippen LogP) is 4.72. The molecule has 1 aromatic carbocycles. The van der Waals surface area contributed by atoms with Gasteiger partial charge in [-0.05, 0) is 37.0 Å². The van der Waals surface area contributed by atoms with E-state index in [0.29, 0.717) is 6.54 Å². The Morgan fingerprint density at radius 3 is 2.10 bits per heavy atom. The molecule has 0 aliphatic heterocycles. The van der Waals surface area contributed by atoms with Gasteiger partial charge in [0.05, 0.1) is 0 Å². The van der Waals surface area contributed by atoms with Gasteiger partial charge in [0.1, 0.15) is 17.4 Å². The van der Waals surface area contributed by atoms with E-state index in [4.69, 9.17) is 0 Å². The maximum Gasteiger partial charge on any atom is 0.263 e. The van der Waals surface area contributed by atoms with Gasteiger partial charge in [-0.3, -0.25) is 4.79 Å². The molecule has 1 fully saturated rings. The van der Waals surface area contributed by atoms with E-state index in [9.17, 15) is 15.2 Å². The van der Waals surface area contributed by atoms with Crippen LogP contribution in [0.4, 0.5) is 0 Å². The second kappa shape index (κ2) is 13.7. The van der Waals surface area contributed by atoms with E-state index in [2.05, 4.69) is 10.6 Å². The fourth-order valence-electron chi connectivity index (χ4n) is 3.77. The van der Waals surface area contributed by atoms with Crippen LogP contribution in [0.15, 0.2) is 36.0 Å². The molecule has 0 radical (unpaired) electrons. The lowest BCUT2D eigenvalue weighted by atomic mass is 9.98. The summed E-state index contributed by atoms with van der Waals surface area (Å²) >= 11 is 0. The first-order chi connectivity index (χ1) is 14.2. The van der Waals surface area contributed by atoms with E-state index in [1.807, 2.05) is 18.2 Å². The molecule has 1 aliphatic carbocycles. The number of benzene rings is 1. The Kier molecular flexibility index (Phi) is 10.7. The van der Waals surface area contributed by atoms with Gasteiger partial charge >= 0.3 is 0 Å². The number of amides is 1. The summed E-state index contributed by atoms with van der Waals surface area (Å²) < 4.78 is 0. The van der Waals surface area contributed by atoms with Crippen LogP contribution in [0.5, 0.6) is 5.75 Å². The minimum absolute atomic E-state index is 0.127. The Bertz CT molecular complexity index is 664. The van der Waals surface area contributed by atoms with E-state index in [-0.39, 0.29) is 23.3 Å². The van der Waals surface area contributed by atoms with Crippen molar-refractivity contribution in [2.45, 2.75) is 83.1 Å². The van der Waals surface area contributed by atoms with E-state index < -0.39 is 0 Å². The summed E-state index contributed by atoms with van der Waals surface area (Å²) in [5, 5.41) is 24.8. The van der Waals surface area contributed by atoms with Crippen molar-refractivity contribution in [3.63, 3.8) is 0 Å². The molecule has 0 spiro atoms. The van der Waals surface area contributed by atoms with Crippen molar-refractivity contribution in [3.05, 3.63) is 41.6 Å². The van der Waals surface area contributed by atoms with Gasteiger partial charge in [0.2, 0.25) is 0 Å². The summed E-state index contributed by atoms with van der Waals surface area (Å²) in [5.74, 6) is -0.0292. The maximum absolute atomic E-state index is 12.5. The molecule has 1 aliphatic rings. The van der Waals surface area contributed by atoms with Crippen LogP contribution in [0.25, 0.3) is 0 Å². The number of hydrogen-bond acceptors (Lipinski definition) is 4. The molecular weight excluding hydrogens is 362 g/mol. The Hall–Kier alpha value is -2.48. The molecule has 0 saturated heterocycles. The first kappa shape index (κ1) is 22.8. The van der Waals surface area contributed by atoms with Crippen LogP contribution in [-0.4, -0.2) is 23.6 Å². The molecule has 5 heteroatoms. The number of carbonyl (C=O) groups excluding carboxylic acids is 1. The Labute approximate surface area is 175 Å². The summed E-state index contributed by atoms with van der Waals surface area (Å²) in [7, 11) is 0. The summed E-state index contributed by atoms with van der Waals surface area (Å²) in [6.45, 7) is 0.618. The van der Waals surface area contributed by atoms with Crippen LogP contribution in [0.1, 0.15) is 76.2 Å². The number of carbonyl (C=O) groups is 1. The van der Waals surface area contributed by atoms with E-state index in [1.54, 1.807) is 12.1 Å². The highest BCUT2D eigenvalue weighted by molar-refractivity contribution is 5.97. The highest BCUT2D eigenvalue weighted by Gasteiger charge is 2.15. The molecule has 0 heterocycles. The SMILES string of the molecule is N#C/C(=C/NCCc1ccc(O)cc1)C(=O)NC1CCCCCCCCCCC1. The van der Waals surface area contributed by atoms with Gasteiger partial charge in [0, 0.05) is 18.8 Å². The second-order valence-electron chi connectivity index (χ2n) is 7.97. The zero-order chi connectivity index (χ0) is 20.7. The van der Waals surface area contributed by atoms with Crippen LogP contribution >= 0.6 is 0 Å². The lowest BCUT2D eigenvalue weighted by Crippen LogP contribution is -2.36. The Balaban J connectivity index is 1.80. The zero-order valence-corrected chi connectivity index (χ0v) is 17.5. The van der Waals surface area contributed by atoms with Gasteiger partial charge in [0.15, 0.2) is 0 Å². The standard InChI is InChI=1S/C24H35N3O2/c25-18-21(19-26-17-16-20-12-14-23(28)15-13-20)24(29)27-22-10-8-6-4-2-1-3-5-7-9-11-22/h12-15,19,22,26,28H,1-11,16-17H2,(H,27,29)/b21-19-. The largest absolute Gasteiger partial charge is 0.508 e. The van der Waals surface area contributed by atoms with Crippen LogP contribution in [0, 0.1) is 11.3 Å². The third kappa shape index (κ3) is 9.51. The van der Waals surface area contributed by atoms with Gasteiger partial charge in [0.25, 0.3) is 5.91 Å². The van der Waals surface area contributed by atoms with Crippen molar-refractivity contribution >= 4 is 5.91 Å². The molecule has 0 atom stereocenters. The summed E-state index contributed by atoms with van der Waals surface area (Å²) in [6, 6.07) is 9.22. The molecule has 0 bridgehead atoms. The Morgan fingerprint density at radius 1 is 1.00 bits per heavy atom. The minimum Gasteiger partial charge on any atom is -0.508 e. The number of nitrogens with one attached hydrogen (secondary N) is 2. The van der Waals surface area contributed by atoms with E-state index in [1.165, 1.54) is 51.1 Å². The molecule has 0 unspecified atom stereocenters. The summed E-state index contributed by atoms with van der Waals surface area (Å²) in [5.41, 5.74) is 1.21. The number of rotatable bonds is 6. The van der Waals surface area contributed by atoms with Crippen molar-refractivity contribution in [3.8, 4) is 11.8 Å². The molecule has 1 aromatic rings. The highest BCUT2D eigenvalue weighted by atomic mass is 16.3. The van der Waals surface area contributed by atoms with Gasteiger partial charge in [-0.15, -0.1) is 0 Å². The quantitative estimate of drug-likeness (QED) is 0.368. The fraction of sp³-hybridized carbons (Fsp3) is 0.583. The fourth-order valence-corrected chi connectivity index (χ4v) is 3.77. The number of phenolic OH excluding ortho intramolecular Hbond substituents is 1. The smallest absolute Gasteiger partial charge is 0.263 e. The molecule has 158 valence electrons. The third-order valence-electron chi connectivity index (χ3n) is 5.55. The van der Waals surface area contributed by atoms with Crippen molar-refractivity contribution in [1.82, 2.24) is 10.6 Å². The van der Waals surface area contributed by atoms with E-state index in [0.717, 1.165) is 37.7 Å². The predicted molar refractivity (Wildman–Crippen MR) is 116 cm³/mol. The lowest BCUT2D eigenvalue weighted by Gasteiger charge is -2.19. The number of phenols is 1. The monoisotopic (exact) mass is 397 g/mol. The van der Waals surface area contributed by atoms with Gasteiger partial charge < -0.3 is 15.7 Å². The first-order valence-corrected chi connectivity index (χ1v) is 11.1. The molecule has 2 rings (SSSR count). The normalized spacial score (nSPS) is 17.4. The number of nitrogens with zero attached hydrogens (tertiary/aromatic N) is 1. The van der Waals surface area contributed by atoms with Crippen molar-refractivity contribution < 1.29 is 9.90 Å². The average molecular weight is 398 g/mol. The summed E-state index contributed by atoms with van der Waals surface area (Å²) in [6.07, 6.45) is 15.6. The second-order valence-corrected chi connectivity index (χ2v) is 7.97. The van der Waals surface area contributed by atoms with Crippen LogP contribution in [0.3, 0.4) is 0 Å². The topological polar surface area (TPSA) is 85.2 Å². The van der Waals surface area contributed by atoms with Crippen LogP contribution < -0.4 is 10.6 Å². The van der Waals surface area contributed by atoms with Crippen molar-refractivity contribution in [1.29, 1.82) is 5.26 Å². The number of aromatic hydroxyl groups is 1. The van der Waals surface area contributed by atoms with Gasteiger partial charge in [-0.1, -0.05) is 69.9 Å². The average Bonchev–Trinajstić information content (AvgIpc) is 2.71. The Morgan fingerprint density at radius 2 is 1.55 bits per heavy atom. The highest BCUT2D eigenvalue weighted by Crippen LogP contribution is 2.17. The number of nitriles is 1. The van der Waals surface area contributed by atoms with Crippen LogP contribution in [0.2, 0.25) is 0 Å². The first-order valence-electron chi connectivity index (χ1n) is 11.1. The minimum atomic E-state index is -0.276. The molecule has 3 N–H and O–H groups in total. The molecule has 1 saturated carbocycles. The molecule has 29 heavy (non-hydrogen) atoms. The van der Waals surface area contributed by atoms with Crippen LogP contribution in [-0.2, 0) is 11.2 Å². The van der Waals surface area contributed by atoms with E-state index >= 15 is 0 Å². The van der Waals surface area contributed by atoms with Gasteiger partial charge in [-0.25, -0.2) is 0 Å². The molecule has 5 nitrogen and oxygen atoms in total. The zero-order valence-electron chi connectivity index (χ0n) is 17.5. The molecule has 0 aromatic heterocycles. The van der Waals surface area contributed by atoms with Gasteiger partial charge in [-0.2, -0.15) is 5.26 Å². The maximum atomic E-state index is 12.5. The van der Waals surface area contributed by atoms with Crippen molar-refractivity contribution in [2.75, 3.05) is 6.54 Å². The molecule has 1 amide bonds. The molecular formula is C24H35N3O2. The third-order valence-corrected chi connectivity index (χ3v) is 5.55. The van der Waals surface area contributed by atoms with Crippen molar-refractivity contribution in [2.24, 2.45) is 0 Å². The number of hydrogen-bond donors (Lipinski definition) is 3.